The third-order valence-corrected chi connectivity index (χ3v) is 8.95. The molecule has 250 valence electrons. The SMILES string of the molecule is CCCC(NC(=O)C1[C@H]2CCC(=O)[C@H]2CN1C(=O)C(NC(=O)[C@H](NC(=O)c1cnccn1)C(C)C)C(C)C)C(=O)C(=O)NC1CC1. The molecule has 1 saturated heterocycles. The van der Waals surface area contributed by atoms with Gasteiger partial charge in [-0.25, -0.2) is 4.98 Å². The Morgan fingerprint density at radius 2 is 1.63 bits per heavy atom. The molecule has 4 rings (SSSR count). The summed E-state index contributed by atoms with van der Waals surface area (Å²) in [5.74, 6) is -5.63. The lowest BCUT2D eigenvalue weighted by molar-refractivity contribution is -0.145. The normalized spacial score (nSPS) is 22.5. The maximum absolute atomic E-state index is 14.2. The molecule has 2 heterocycles. The zero-order chi connectivity index (χ0) is 33.7. The highest BCUT2D eigenvalue weighted by Crippen LogP contribution is 2.41. The number of Topliss-reactive ketones (excluding diaryl/α,β-unsaturated/α-hetero) is 2. The third-order valence-electron chi connectivity index (χ3n) is 8.95. The molecule has 2 saturated carbocycles. The van der Waals surface area contributed by atoms with Crippen LogP contribution in [-0.2, 0) is 28.8 Å². The van der Waals surface area contributed by atoms with E-state index in [1.165, 1.54) is 23.5 Å². The molecule has 3 unspecified atom stereocenters. The second-order valence-electron chi connectivity index (χ2n) is 13.2. The Hall–Kier alpha value is -4.23. The number of hydrogen-bond acceptors (Lipinski definition) is 9. The van der Waals surface area contributed by atoms with Gasteiger partial charge in [0.25, 0.3) is 11.8 Å². The van der Waals surface area contributed by atoms with E-state index < -0.39 is 77.2 Å². The van der Waals surface area contributed by atoms with Crippen molar-refractivity contribution in [3.8, 4) is 0 Å². The van der Waals surface area contributed by atoms with Crippen molar-refractivity contribution in [3.63, 3.8) is 0 Å². The van der Waals surface area contributed by atoms with Crippen LogP contribution in [0.4, 0.5) is 0 Å². The van der Waals surface area contributed by atoms with Crippen LogP contribution in [0.25, 0.3) is 0 Å². The molecule has 3 aliphatic rings. The highest BCUT2D eigenvalue weighted by molar-refractivity contribution is 6.38. The quantitative estimate of drug-likeness (QED) is 0.207. The van der Waals surface area contributed by atoms with Crippen molar-refractivity contribution >= 4 is 41.1 Å². The van der Waals surface area contributed by atoms with Crippen molar-refractivity contribution in [2.45, 2.75) is 103 Å². The van der Waals surface area contributed by atoms with Crippen molar-refractivity contribution in [1.29, 1.82) is 0 Å². The van der Waals surface area contributed by atoms with E-state index in [4.69, 9.17) is 0 Å². The topological polar surface area (TPSA) is 197 Å². The Labute approximate surface area is 268 Å². The van der Waals surface area contributed by atoms with E-state index in [-0.39, 0.29) is 42.8 Å². The number of amides is 5. The standard InChI is InChI=1S/C32H45N7O7/c1-6-7-21(27(41)31(45)35-18-8-9-18)36-30(44)26-19-10-11-23(40)20(19)15-39(26)32(46)25(17(4)5)38-29(43)24(16(2)3)37-28(42)22-14-33-12-13-34-22/h12-14,16-21,24-26H,6-11,15H2,1-5H3,(H,35,45)(H,36,44)(H,37,42)(H,38,43)/t19-,20-,21?,24+,25?,26?/m0/s1. The van der Waals surface area contributed by atoms with Crippen LogP contribution in [0.5, 0.6) is 0 Å². The van der Waals surface area contributed by atoms with E-state index >= 15 is 0 Å². The number of nitrogens with zero attached hydrogens (tertiary/aromatic N) is 3. The summed E-state index contributed by atoms with van der Waals surface area (Å²) >= 11 is 0. The number of rotatable bonds is 14. The van der Waals surface area contributed by atoms with Crippen LogP contribution >= 0.6 is 0 Å². The molecule has 2 aliphatic carbocycles. The largest absolute Gasteiger partial charge is 0.347 e. The van der Waals surface area contributed by atoms with Gasteiger partial charge in [-0.2, -0.15) is 0 Å². The summed E-state index contributed by atoms with van der Waals surface area (Å²) in [4.78, 5) is 102. The van der Waals surface area contributed by atoms with Gasteiger partial charge in [0, 0.05) is 43.2 Å². The van der Waals surface area contributed by atoms with Crippen LogP contribution in [0.15, 0.2) is 18.6 Å². The second-order valence-corrected chi connectivity index (χ2v) is 13.2. The van der Waals surface area contributed by atoms with Crippen LogP contribution in [0.2, 0.25) is 0 Å². The van der Waals surface area contributed by atoms with Crippen molar-refractivity contribution < 1.29 is 33.6 Å². The van der Waals surface area contributed by atoms with Gasteiger partial charge in [0.15, 0.2) is 0 Å². The van der Waals surface area contributed by atoms with Gasteiger partial charge in [0.05, 0.1) is 12.2 Å². The Bertz CT molecular complexity index is 1350. The fourth-order valence-corrected chi connectivity index (χ4v) is 6.23. The zero-order valence-electron chi connectivity index (χ0n) is 27.1. The van der Waals surface area contributed by atoms with Crippen molar-refractivity contribution in [2.24, 2.45) is 23.7 Å². The molecule has 14 heteroatoms. The van der Waals surface area contributed by atoms with E-state index in [0.29, 0.717) is 12.8 Å². The molecular formula is C32H45N7O7. The minimum absolute atomic E-state index is 0.00505. The number of ketones is 2. The van der Waals surface area contributed by atoms with Gasteiger partial charge in [-0.15, -0.1) is 0 Å². The summed E-state index contributed by atoms with van der Waals surface area (Å²) in [6.07, 6.45) is 7.12. The fourth-order valence-electron chi connectivity index (χ4n) is 6.23. The number of hydrogen-bond donors (Lipinski definition) is 4. The first-order chi connectivity index (χ1) is 21.8. The third kappa shape index (κ3) is 7.94. The van der Waals surface area contributed by atoms with Gasteiger partial charge in [0.2, 0.25) is 23.5 Å². The molecule has 3 fully saturated rings. The van der Waals surface area contributed by atoms with E-state index in [0.717, 1.165) is 12.8 Å². The average Bonchev–Trinajstić information content (AvgIpc) is 3.65. The smallest absolute Gasteiger partial charge is 0.289 e. The Kier molecular flexibility index (Phi) is 11.2. The van der Waals surface area contributed by atoms with E-state index in [9.17, 15) is 33.6 Å². The molecule has 46 heavy (non-hydrogen) atoms. The first-order valence-electron chi connectivity index (χ1n) is 16.2. The molecule has 0 bridgehead atoms. The van der Waals surface area contributed by atoms with Crippen LogP contribution in [0.1, 0.15) is 83.6 Å². The Morgan fingerprint density at radius 1 is 0.935 bits per heavy atom. The maximum atomic E-state index is 14.2. The lowest BCUT2D eigenvalue weighted by Gasteiger charge is -2.33. The summed E-state index contributed by atoms with van der Waals surface area (Å²) in [6, 6.07) is -4.25. The predicted molar refractivity (Wildman–Crippen MR) is 165 cm³/mol. The number of aromatic nitrogens is 2. The molecule has 1 aromatic heterocycles. The summed E-state index contributed by atoms with van der Waals surface area (Å²) in [5.41, 5.74) is 0.0319. The summed E-state index contributed by atoms with van der Waals surface area (Å²) in [6.45, 7) is 8.83. The van der Waals surface area contributed by atoms with Crippen molar-refractivity contribution in [1.82, 2.24) is 36.1 Å². The Morgan fingerprint density at radius 3 is 2.22 bits per heavy atom. The first-order valence-corrected chi connectivity index (χ1v) is 16.2. The predicted octanol–water partition coefficient (Wildman–Crippen LogP) is 0.311. The van der Waals surface area contributed by atoms with E-state index in [1.54, 1.807) is 27.7 Å². The van der Waals surface area contributed by atoms with E-state index in [1.807, 2.05) is 6.92 Å². The van der Waals surface area contributed by atoms with Crippen LogP contribution in [-0.4, -0.2) is 92.7 Å². The average molecular weight is 640 g/mol. The number of fused-ring (bicyclic) bond motifs is 1. The minimum Gasteiger partial charge on any atom is -0.347 e. The van der Waals surface area contributed by atoms with Gasteiger partial charge in [-0.1, -0.05) is 41.0 Å². The van der Waals surface area contributed by atoms with Crippen LogP contribution in [0, 0.1) is 23.7 Å². The van der Waals surface area contributed by atoms with Gasteiger partial charge in [0.1, 0.15) is 29.6 Å². The Balaban J connectivity index is 1.53. The van der Waals surface area contributed by atoms with Crippen LogP contribution in [0.3, 0.4) is 0 Å². The molecule has 1 aromatic rings. The van der Waals surface area contributed by atoms with Gasteiger partial charge < -0.3 is 26.2 Å². The summed E-state index contributed by atoms with van der Waals surface area (Å²) in [5, 5.41) is 10.8. The van der Waals surface area contributed by atoms with E-state index in [2.05, 4.69) is 31.2 Å². The summed E-state index contributed by atoms with van der Waals surface area (Å²) < 4.78 is 0. The molecule has 1 aliphatic heterocycles. The number of carbonyl (C=O) groups is 7. The van der Waals surface area contributed by atoms with Gasteiger partial charge in [-0.05, 0) is 37.5 Å². The summed E-state index contributed by atoms with van der Waals surface area (Å²) in [7, 11) is 0. The van der Waals surface area contributed by atoms with Gasteiger partial charge >= 0.3 is 0 Å². The highest BCUT2D eigenvalue weighted by Gasteiger charge is 2.54. The first kappa shape index (κ1) is 34.6. The van der Waals surface area contributed by atoms with Crippen molar-refractivity contribution in [3.05, 3.63) is 24.3 Å². The molecule has 0 radical (unpaired) electrons. The molecule has 6 atom stereocenters. The fraction of sp³-hybridized carbons (Fsp3) is 0.656. The lowest BCUT2D eigenvalue weighted by Crippen LogP contribution is -2.60. The number of carbonyl (C=O) groups excluding carboxylic acids is 7. The number of likely N-dealkylation sites (tertiary alicyclic amines) is 1. The maximum Gasteiger partial charge on any atom is 0.289 e. The number of nitrogens with one attached hydrogen (secondary N) is 4. The lowest BCUT2D eigenvalue weighted by atomic mass is 9.92. The molecule has 4 N–H and O–H groups in total. The molecule has 0 spiro atoms. The molecule has 0 aromatic carbocycles. The molecule has 14 nitrogen and oxygen atoms in total. The minimum atomic E-state index is -1.08. The second kappa shape index (κ2) is 14.9. The van der Waals surface area contributed by atoms with Gasteiger partial charge in [-0.3, -0.25) is 38.5 Å². The zero-order valence-corrected chi connectivity index (χ0v) is 27.1. The molecular weight excluding hydrogens is 594 g/mol. The highest BCUT2D eigenvalue weighted by atomic mass is 16.2. The molecule has 5 amide bonds. The monoisotopic (exact) mass is 639 g/mol. The van der Waals surface area contributed by atoms with Crippen LogP contribution < -0.4 is 21.3 Å². The van der Waals surface area contributed by atoms with Crippen molar-refractivity contribution in [2.75, 3.05) is 6.54 Å².